The third-order valence-electron chi connectivity index (χ3n) is 4.26. The van der Waals surface area contributed by atoms with Crippen LogP contribution in [0.3, 0.4) is 0 Å². The van der Waals surface area contributed by atoms with E-state index in [4.69, 9.17) is 5.11 Å². The molecule has 1 aromatic rings. The van der Waals surface area contributed by atoms with Crippen LogP contribution in [0.1, 0.15) is 42.6 Å². The Morgan fingerprint density at radius 1 is 1.24 bits per heavy atom. The number of imide groups is 1. The molecule has 0 saturated carbocycles. The van der Waals surface area contributed by atoms with Gasteiger partial charge >= 0.3 is 12.0 Å². The molecule has 8 heteroatoms. The molecule has 2 rings (SSSR count). The van der Waals surface area contributed by atoms with Crippen molar-refractivity contribution >= 4 is 23.8 Å². The molecule has 4 N–H and O–H groups in total. The van der Waals surface area contributed by atoms with Crippen molar-refractivity contribution in [2.24, 2.45) is 5.92 Å². The highest BCUT2D eigenvalue weighted by atomic mass is 16.4. The highest BCUT2D eigenvalue weighted by Gasteiger charge is 2.43. The monoisotopic (exact) mass is 347 g/mol. The first-order valence-electron chi connectivity index (χ1n) is 8.03. The van der Waals surface area contributed by atoms with Crippen molar-refractivity contribution in [2.45, 2.75) is 32.2 Å². The van der Waals surface area contributed by atoms with E-state index in [2.05, 4.69) is 16.0 Å². The van der Waals surface area contributed by atoms with Crippen molar-refractivity contribution in [3.05, 3.63) is 35.4 Å². The summed E-state index contributed by atoms with van der Waals surface area (Å²) < 4.78 is 0. The number of urea groups is 1. The molecule has 0 bridgehead atoms. The first-order chi connectivity index (χ1) is 11.8. The van der Waals surface area contributed by atoms with Crippen molar-refractivity contribution in [2.75, 3.05) is 6.54 Å². The summed E-state index contributed by atoms with van der Waals surface area (Å²) in [5, 5.41) is 16.4. The number of carbonyl (C=O) groups is 4. The predicted molar refractivity (Wildman–Crippen MR) is 88.8 cm³/mol. The minimum Gasteiger partial charge on any atom is -0.481 e. The number of rotatable bonds is 7. The van der Waals surface area contributed by atoms with E-state index in [-0.39, 0.29) is 12.5 Å². The van der Waals surface area contributed by atoms with Crippen LogP contribution in [0.5, 0.6) is 0 Å². The van der Waals surface area contributed by atoms with Gasteiger partial charge in [-0.15, -0.1) is 0 Å². The van der Waals surface area contributed by atoms with Crippen LogP contribution in [0, 0.1) is 5.92 Å². The van der Waals surface area contributed by atoms with Gasteiger partial charge in [0.25, 0.3) is 11.8 Å². The number of nitrogens with one attached hydrogen (secondary N) is 3. The lowest BCUT2D eigenvalue weighted by Crippen LogP contribution is -2.40. The van der Waals surface area contributed by atoms with Crippen molar-refractivity contribution < 1.29 is 24.3 Å². The van der Waals surface area contributed by atoms with Crippen LogP contribution in [-0.4, -0.2) is 35.5 Å². The second-order valence-corrected chi connectivity index (χ2v) is 6.14. The van der Waals surface area contributed by atoms with E-state index in [1.165, 1.54) is 12.1 Å². The summed E-state index contributed by atoms with van der Waals surface area (Å²) in [4.78, 5) is 46.5. The summed E-state index contributed by atoms with van der Waals surface area (Å²) in [5.41, 5.74) is -0.291. The van der Waals surface area contributed by atoms with Gasteiger partial charge in [0, 0.05) is 12.1 Å². The molecule has 0 aliphatic carbocycles. The van der Waals surface area contributed by atoms with E-state index >= 15 is 0 Å². The lowest BCUT2D eigenvalue weighted by atomic mass is 9.91. The van der Waals surface area contributed by atoms with E-state index < -0.39 is 29.4 Å². The molecule has 134 valence electrons. The van der Waals surface area contributed by atoms with Gasteiger partial charge in [0.2, 0.25) is 0 Å². The molecule has 8 nitrogen and oxygen atoms in total. The predicted octanol–water partition coefficient (Wildman–Crippen LogP) is 0.972. The van der Waals surface area contributed by atoms with Crippen LogP contribution in [0.25, 0.3) is 0 Å². The molecule has 0 spiro atoms. The molecular formula is C17H21N3O5. The molecule has 0 aromatic heterocycles. The maximum Gasteiger partial charge on any atom is 0.322 e. The molecule has 25 heavy (non-hydrogen) atoms. The zero-order valence-corrected chi connectivity index (χ0v) is 14.1. The van der Waals surface area contributed by atoms with Gasteiger partial charge in [-0.25, -0.2) is 4.79 Å². The van der Waals surface area contributed by atoms with Gasteiger partial charge in [-0.2, -0.15) is 0 Å². The maximum absolute atomic E-state index is 12.2. The van der Waals surface area contributed by atoms with Gasteiger partial charge in [-0.1, -0.05) is 25.5 Å². The van der Waals surface area contributed by atoms with Gasteiger partial charge in [0.1, 0.15) is 5.54 Å². The number of carboxylic acid groups (broad SMARTS) is 1. The van der Waals surface area contributed by atoms with Gasteiger partial charge in [-0.05, 0) is 31.0 Å². The summed E-state index contributed by atoms with van der Waals surface area (Å²) in [6.07, 6.45) is 1.20. The normalized spacial score (nSPS) is 20.6. The molecule has 1 fully saturated rings. The Morgan fingerprint density at radius 2 is 1.88 bits per heavy atom. The van der Waals surface area contributed by atoms with Crippen molar-refractivity contribution in [1.29, 1.82) is 0 Å². The van der Waals surface area contributed by atoms with Crippen molar-refractivity contribution in [3.8, 4) is 0 Å². The Labute approximate surface area is 145 Å². The molecule has 1 heterocycles. The van der Waals surface area contributed by atoms with Gasteiger partial charge < -0.3 is 15.7 Å². The number of hydrogen-bond acceptors (Lipinski definition) is 4. The largest absolute Gasteiger partial charge is 0.481 e. The molecule has 0 radical (unpaired) electrons. The zero-order valence-electron chi connectivity index (χ0n) is 14.1. The third-order valence-corrected chi connectivity index (χ3v) is 4.26. The van der Waals surface area contributed by atoms with Crippen LogP contribution >= 0.6 is 0 Å². The van der Waals surface area contributed by atoms with Crippen molar-refractivity contribution in [1.82, 2.24) is 16.0 Å². The minimum atomic E-state index is -1.18. The first-order valence-corrected chi connectivity index (χ1v) is 8.03. The van der Waals surface area contributed by atoms with Crippen LogP contribution in [0.2, 0.25) is 0 Å². The fourth-order valence-corrected chi connectivity index (χ4v) is 2.68. The third kappa shape index (κ3) is 3.96. The SMILES string of the molecule is CCCC(CNC(=O)c1ccc(C2(C)NC(=O)NC2=O)cc1)C(=O)O. The Bertz CT molecular complexity index is 701. The Hall–Kier alpha value is -2.90. The highest BCUT2D eigenvalue weighted by Crippen LogP contribution is 2.24. The molecule has 2 atom stereocenters. The number of aliphatic carboxylic acids is 1. The summed E-state index contributed by atoms with van der Waals surface area (Å²) in [5.74, 6) is -2.41. The van der Waals surface area contributed by atoms with E-state index in [0.29, 0.717) is 24.0 Å². The fraction of sp³-hybridized carbons (Fsp3) is 0.412. The summed E-state index contributed by atoms with van der Waals surface area (Å²) in [6, 6.07) is 5.67. The van der Waals surface area contributed by atoms with Gasteiger partial charge in [0.15, 0.2) is 0 Å². The molecule has 1 aliphatic rings. The van der Waals surface area contributed by atoms with E-state index in [0.717, 1.165) is 0 Å². The van der Waals surface area contributed by atoms with Gasteiger partial charge in [-0.3, -0.25) is 19.7 Å². The second-order valence-electron chi connectivity index (χ2n) is 6.14. The van der Waals surface area contributed by atoms with Crippen molar-refractivity contribution in [3.63, 3.8) is 0 Å². The quantitative estimate of drug-likeness (QED) is 0.547. The number of amides is 4. The molecule has 1 aromatic carbocycles. The van der Waals surface area contributed by atoms with Crippen LogP contribution in [-0.2, 0) is 15.1 Å². The molecule has 2 unspecified atom stereocenters. The number of hydrogen-bond donors (Lipinski definition) is 4. The van der Waals surface area contributed by atoms with Crippen LogP contribution in [0.4, 0.5) is 4.79 Å². The first kappa shape index (κ1) is 18.4. The second kappa shape index (κ2) is 7.33. The molecule has 4 amide bonds. The lowest BCUT2D eigenvalue weighted by Gasteiger charge is -2.21. The average Bonchev–Trinajstić information content (AvgIpc) is 2.84. The zero-order chi connectivity index (χ0) is 18.6. The highest BCUT2D eigenvalue weighted by molar-refractivity contribution is 6.07. The lowest BCUT2D eigenvalue weighted by molar-refractivity contribution is -0.141. The smallest absolute Gasteiger partial charge is 0.322 e. The summed E-state index contributed by atoms with van der Waals surface area (Å²) >= 11 is 0. The van der Waals surface area contributed by atoms with Crippen LogP contribution < -0.4 is 16.0 Å². The Kier molecular flexibility index (Phi) is 5.41. The summed E-state index contributed by atoms with van der Waals surface area (Å²) in [6.45, 7) is 3.51. The minimum absolute atomic E-state index is 0.0555. The standard InChI is InChI=1S/C17H21N3O5/c1-3-4-11(14(22)23)9-18-13(21)10-5-7-12(8-6-10)17(2)15(24)19-16(25)20-17/h5-8,11H,3-4,9H2,1-2H3,(H,18,21)(H,22,23)(H2,19,20,24,25). The summed E-state index contributed by atoms with van der Waals surface area (Å²) in [7, 11) is 0. The number of carboxylic acids is 1. The topological polar surface area (TPSA) is 125 Å². The molecule has 1 saturated heterocycles. The maximum atomic E-state index is 12.2. The van der Waals surface area contributed by atoms with Crippen LogP contribution in [0.15, 0.2) is 24.3 Å². The van der Waals surface area contributed by atoms with E-state index in [1.54, 1.807) is 19.1 Å². The fourth-order valence-electron chi connectivity index (χ4n) is 2.68. The average molecular weight is 347 g/mol. The van der Waals surface area contributed by atoms with Gasteiger partial charge in [0.05, 0.1) is 5.92 Å². The number of carbonyl (C=O) groups excluding carboxylic acids is 3. The molecule has 1 aliphatic heterocycles. The Morgan fingerprint density at radius 3 is 2.36 bits per heavy atom. The Balaban J connectivity index is 2.04. The van der Waals surface area contributed by atoms with E-state index in [1.807, 2.05) is 6.92 Å². The van der Waals surface area contributed by atoms with E-state index in [9.17, 15) is 19.2 Å². The molecular weight excluding hydrogens is 326 g/mol. The number of benzene rings is 1.